The molecule has 13 heavy (non-hydrogen) atoms. The van der Waals surface area contributed by atoms with Gasteiger partial charge in [-0.1, -0.05) is 12.1 Å². The van der Waals surface area contributed by atoms with Crippen LogP contribution >= 0.6 is 0 Å². The lowest BCUT2D eigenvalue weighted by Gasteiger charge is -2.01. The molecule has 0 aliphatic rings. The molecule has 2 N–H and O–H groups in total. The molecule has 0 saturated heterocycles. The van der Waals surface area contributed by atoms with Crippen molar-refractivity contribution in [1.82, 2.24) is 0 Å². The van der Waals surface area contributed by atoms with Crippen LogP contribution in [-0.2, 0) is 6.42 Å². The van der Waals surface area contributed by atoms with Gasteiger partial charge in [-0.2, -0.15) is 5.26 Å². The van der Waals surface area contributed by atoms with Crippen LogP contribution in [0.3, 0.4) is 0 Å². The highest BCUT2D eigenvalue weighted by Crippen LogP contribution is 2.13. The smallest absolute Gasteiger partial charge is 0.409 e. The van der Waals surface area contributed by atoms with Gasteiger partial charge in [-0.25, -0.2) is 4.79 Å². The van der Waals surface area contributed by atoms with E-state index in [1.54, 1.807) is 24.3 Å². The van der Waals surface area contributed by atoms with Crippen LogP contribution in [0, 0.1) is 11.3 Å². The predicted molar refractivity (Wildman–Crippen MR) is 46.0 cm³/mol. The van der Waals surface area contributed by atoms with E-state index >= 15 is 0 Å². The van der Waals surface area contributed by atoms with Gasteiger partial charge in [0.05, 0.1) is 12.5 Å². The molecule has 66 valence electrons. The summed E-state index contributed by atoms with van der Waals surface area (Å²) < 4.78 is 4.63. The second kappa shape index (κ2) is 4.12. The average molecular weight is 176 g/mol. The highest BCUT2D eigenvalue weighted by atomic mass is 16.5. The van der Waals surface area contributed by atoms with Crippen molar-refractivity contribution in [3.05, 3.63) is 29.8 Å². The van der Waals surface area contributed by atoms with Gasteiger partial charge < -0.3 is 10.5 Å². The Morgan fingerprint density at radius 3 is 3.00 bits per heavy atom. The number of nitrogens with zero attached hydrogens (tertiary/aromatic N) is 1. The molecule has 0 fully saturated rings. The Balaban J connectivity index is 2.80. The van der Waals surface area contributed by atoms with Gasteiger partial charge in [0.1, 0.15) is 5.75 Å². The molecule has 1 amide bonds. The Morgan fingerprint density at radius 1 is 1.62 bits per heavy atom. The molecule has 0 saturated carbocycles. The number of nitrogens with two attached hydrogens (primary N) is 1. The maximum atomic E-state index is 10.4. The zero-order chi connectivity index (χ0) is 9.68. The Labute approximate surface area is 75.5 Å². The van der Waals surface area contributed by atoms with Crippen molar-refractivity contribution in [2.24, 2.45) is 5.73 Å². The summed E-state index contributed by atoms with van der Waals surface area (Å²) in [5.41, 5.74) is 5.62. The predicted octanol–water partition coefficient (Wildman–Crippen LogP) is 1.21. The molecular formula is C9H8N2O2. The van der Waals surface area contributed by atoms with Crippen LogP contribution in [-0.4, -0.2) is 6.09 Å². The van der Waals surface area contributed by atoms with Crippen molar-refractivity contribution >= 4 is 6.09 Å². The number of primary amides is 1. The average Bonchev–Trinajstić information content (AvgIpc) is 2.04. The summed E-state index contributed by atoms with van der Waals surface area (Å²) in [7, 11) is 0. The van der Waals surface area contributed by atoms with E-state index in [1.807, 2.05) is 6.07 Å². The highest BCUT2D eigenvalue weighted by Gasteiger charge is 1.99. The summed E-state index contributed by atoms with van der Waals surface area (Å²) in [6, 6.07) is 8.67. The molecule has 0 aliphatic heterocycles. The second-order valence-corrected chi connectivity index (χ2v) is 2.40. The van der Waals surface area contributed by atoms with Crippen LogP contribution in [0.25, 0.3) is 0 Å². The first-order valence-electron chi connectivity index (χ1n) is 3.65. The number of ether oxygens (including phenoxy) is 1. The minimum absolute atomic E-state index is 0.288. The number of carbonyl (C=O) groups excluding carboxylic acids is 1. The molecule has 0 aromatic heterocycles. The number of rotatable bonds is 2. The fourth-order valence-corrected chi connectivity index (χ4v) is 0.926. The van der Waals surface area contributed by atoms with E-state index in [1.165, 1.54) is 0 Å². The van der Waals surface area contributed by atoms with Crippen molar-refractivity contribution in [2.45, 2.75) is 6.42 Å². The topological polar surface area (TPSA) is 76.1 Å². The van der Waals surface area contributed by atoms with Gasteiger partial charge in [0.2, 0.25) is 0 Å². The first-order valence-corrected chi connectivity index (χ1v) is 3.65. The molecule has 4 heteroatoms. The van der Waals surface area contributed by atoms with E-state index in [0.717, 1.165) is 5.56 Å². The molecule has 4 nitrogen and oxygen atoms in total. The molecule has 0 spiro atoms. The van der Waals surface area contributed by atoms with E-state index in [2.05, 4.69) is 4.74 Å². The largest absolute Gasteiger partial charge is 0.410 e. The maximum absolute atomic E-state index is 10.4. The lowest BCUT2D eigenvalue weighted by atomic mass is 10.2. The zero-order valence-electron chi connectivity index (χ0n) is 6.86. The van der Waals surface area contributed by atoms with Gasteiger partial charge in [0.15, 0.2) is 0 Å². The Bertz CT molecular complexity index is 355. The minimum Gasteiger partial charge on any atom is -0.410 e. The monoisotopic (exact) mass is 176 g/mol. The Kier molecular flexibility index (Phi) is 2.87. The van der Waals surface area contributed by atoms with Crippen LogP contribution in [0.15, 0.2) is 24.3 Å². The fourth-order valence-electron chi connectivity index (χ4n) is 0.926. The van der Waals surface area contributed by atoms with E-state index in [0.29, 0.717) is 5.75 Å². The van der Waals surface area contributed by atoms with E-state index in [-0.39, 0.29) is 6.42 Å². The van der Waals surface area contributed by atoms with Crippen LogP contribution in [0.5, 0.6) is 5.75 Å². The Morgan fingerprint density at radius 2 is 2.38 bits per heavy atom. The second-order valence-electron chi connectivity index (χ2n) is 2.40. The van der Waals surface area contributed by atoms with E-state index in [9.17, 15) is 4.79 Å². The summed E-state index contributed by atoms with van der Waals surface area (Å²) in [6.45, 7) is 0. The van der Waals surface area contributed by atoms with Gasteiger partial charge in [-0.05, 0) is 17.7 Å². The van der Waals surface area contributed by atoms with E-state index in [4.69, 9.17) is 11.0 Å². The van der Waals surface area contributed by atoms with Gasteiger partial charge in [0, 0.05) is 0 Å². The number of hydrogen-bond acceptors (Lipinski definition) is 3. The number of carbonyl (C=O) groups is 1. The molecular weight excluding hydrogens is 168 g/mol. The lowest BCUT2D eigenvalue weighted by molar-refractivity contribution is 0.211. The summed E-state index contributed by atoms with van der Waals surface area (Å²) in [4.78, 5) is 10.4. The molecule has 0 radical (unpaired) electrons. The van der Waals surface area contributed by atoms with Crippen molar-refractivity contribution in [1.29, 1.82) is 5.26 Å². The molecule has 0 unspecified atom stereocenters. The van der Waals surface area contributed by atoms with Gasteiger partial charge in [-0.3, -0.25) is 0 Å². The fraction of sp³-hybridized carbons (Fsp3) is 0.111. The van der Waals surface area contributed by atoms with Crippen LogP contribution in [0.4, 0.5) is 4.79 Å². The SMILES string of the molecule is N#CCc1cccc(OC(N)=O)c1. The zero-order valence-corrected chi connectivity index (χ0v) is 6.86. The number of amides is 1. The summed E-state index contributed by atoms with van der Waals surface area (Å²) in [5.74, 6) is 0.361. The number of hydrogen-bond donors (Lipinski definition) is 1. The van der Waals surface area contributed by atoms with Crippen LogP contribution < -0.4 is 10.5 Å². The van der Waals surface area contributed by atoms with Gasteiger partial charge >= 0.3 is 6.09 Å². The summed E-state index contributed by atoms with van der Waals surface area (Å²) in [5, 5.41) is 8.41. The maximum Gasteiger partial charge on any atom is 0.409 e. The third-order valence-corrected chi connectivity index (χ3v) is 1.40. The van der Waals surface area contributed by atoms with Crippen molar-refractivity contribution in [2.75, 3.05) is 0 Å². The number of benzene rings is 1. The molecule has 0 heterocycles. The van der Waals surface area contributed by atoms with Gasteiger partial charge in [0.25, 0.3) is 0 Å². The lowest BCUT2D eigenvalue weighted by Crippen LogP contribution is -2.16. The third kappa shape index (κ3) is 2.83. The van der Waals surface area contributed by atoms with Crippen molar-refractivity contribution in [3.8, 4) is 11.8 Å². The first kappa shape index (κ1) is 9.07. The van der Waals surface area contributed by atoms with Crippen molar-refractivity contribution < 1.29 is 9.53 Å². The molecule has 1 aromatic carbocycles. The van der Waals surface area contributed by atoms with E-state index < -0.39 is 6.09 Å². The Hall–Kier alpha value is -2.02. The highest BCUT2D eigenvalue weighted by molar-refractivity contribution is 5.68. The molecule has 1 rings (SSSR count). The first-order chi connectivity index (χ1) is 6.22. The molecule has 0 atom stereocenters. The van der Waals surface area contributed by atoms with Gasteiger partial charge in [-0.15, -0.1) is 0 Å². The summed E-state index contributed by atoms with van der Waals surface area (Å²) >= 11 is 0. The molecule has 0 aliphatic carbocycles. The standard InChI is InChI=1S/C9H8N2O2/c10-5-4-7-2-1-3-8(6-7)13-9(11)12/h1-3,6H,4H2,(H2,11,12). The van der Waals surface area contributed by atoms with Crippen molar-refractivity contribution in [3.63, 3.8) is 0 Å². The number of nitriles is 1. The van der Waals surface area contributed by atoms with Crippen LogP contribution in [0.2, 0.25) is 0 Å². The normalized spacial score (nSPS) is 8.85. The third-order valence-electron chi connectivity index (χ3n) is 1.40. The molecule has 1 aromatic rings. The molecule has 0 bridgehead atoms. The quantitative estimate of drug-likeness (QED) is 0.735. The minimum atomic E-state index is -0.853. The summed E-state index contributed by atoms with van der Waals surface area (Å²) in [6.07, 6.45) is -0.565. The van der Waals surface area contributed by atoms with Crippen LogP contribution in [0.1, 0.15) is 5.56 Å².